The van der Waals surface area contributed by atoms with Crippen LogP contribution < -0.4 is 0 Å². The van der Waals surface area contributed by atoms with E-state index in [0.29, 0.717) is 12.0 Å². The lowest BCUT2D eigenvalue weighted by molar-refractivity contribution is -0.0646. The number of aliphatic hydroxyl groups is 1. The lowest BCUT2D eigenvalue weighted by Gasteiger charge is -2.47. The van der Waals surface area contributed by atoms with Crippen molar-refractivity contribution in [3.8, 4) is 0 Å². The summed E-state index contributed by atoms with van der Waals surface area (Å²) < 4.78 is 0. The summed E-state index contributed by atoms with van der Waals surface area (Å²) in [6.07, 6.45) is 2.39. The maximum absolute atomic E-state index is 9.63. The van der Waals surface area contributed by atoms with Crippen molar-refractivity contribution >= 4 is 0 Å². The molecule has 0 aliphatic carbocycles. The molecule has 2 atom stereocenters. The molecule has 10 heavy (non-hydrogen) atoms. The van der Waals surface area contributed by atoms with Gasteiger partial charge in [0.1, 0.15) is 0 Å². The molecule has 2 bridgehead atoms. The first-order valence-electron chi connectivity index (χ1n) is 4.21. The van der Waals surface area contributed by atoms with Crippen molar-refractivity contribution < 1.29 is 5.11 Å². The quantitative estimate of drug-likeness (QED) is 0.530. The molecule has 3 saturated heterocycles. The average Bonchev–Trinajstić information content (AvgIpc) is 2.00. The van der Waals surface area contributed by atoms with E-state index in [0.717, 1.165) is 0 Å². The first-order chi connectivity index (χ1) is 4.79. The predicted octanol–water partition coefficient (Wildman–Crippen LogP) is 0.461. The van der Waals surface area contributed by atoms with E-state index in [1.807, 2.05) is 0 Å². The first kappa shape index (κ1) is 6.62. The number of fused-ring (bicyclic) bond motifs is 3. The maximum Gasteiger partial charge on any atom is 0.0721 e. The topological polar surface area (TPSA) is 23.5 Å². The molecule has 3 rings (SSSR count). The van der Waals surface area contributed by atoms with Crippen molar-refractivity contribution in [2.24, 2.45) is 5.92 Å². The van der Waals surface area contributed by atoms with Crippen molar-refractivity contribution in [3.05, 3.63) is 0 Å². The highest BCUT2D eigenvalue weighted by Crippen LogP contribution is 2.31. The van der Waals surface area contributed by atoms with E-state index >= 15 is 0 Å². The summed E-state index contributed by atoms with van der Waals surface area (Å²) in [6.45, 7) is 4.56. The molecular formula is C8H15NO. The molecule has 0 radical (unpaired) electrons. The van der Waals surface area contributed by atoms with Gasteiger partial charge in [-0.25, -0.2) is 0 Å². The van der Waals surface area contributed by atoms with Crippen molar-refractivity contribution in [2.75, 3.05) is 13.1 Å². The number of hydrogen-bond donors (Lipinski definition) is 1. The van der Waals surface area contributed by atoms with Crippen LogP contribution in [0.4, 0.5) is 0 Å². The number of piperidine rings is 3. The normalized spacial score (nSPS) is 53.4. The van der Waals surface area contributed by atoms with Crippen molar-refractivity contribution in [1.29, 1.82) is 0 Å². The Hall–Kier alpha value is -0.0800. The van der Waals surface area contributed by atoms with Crippen molar-refractivity contribution in [2.45, 2.75) is 31.9 Å². The molecular weight excluding hydrogens is 126 g/mol. The summed E-state index contributed by atoms with van der Waals surface area (Å²) in [5.41, 5.74) is 0. The van der Waals surface area contributed by atoms with Gasteiger partial charge >= 0.3 is 0 Å². The molecule has 3 aliphatic heterocycles. The second-order valence-electron chi connectivity index (χ2n) is 3.60. The Labute approximate surface area is 61.8 Å². The zero-order chi connectivity index (χ0) is 7.14. The van der Waals surface area contributed by atoms with Crippen LogP contribution >= 0.6 is 0 Å². The molecule has 0 unspecified atom stereocenters. The molecule has 3 heterocycles. The second-order valence-corrected chi connectivity index (χ2v) is 3.60. The molecule has 0 amide bonds. The van der Waals surface area contributed by atoms with Gasteiger partial charge in [0.25, 0.3) is 0 Å². The molecule has 0 saturated carbocycles. The SMILES string of the molecule is C[C@H]1[C@@H](O)C2CCN1CC2. The van der Waals surface area contributed by atoms with Gasteiger partial charge in [-0.2, -0.15) is 0 Å². The first-order valence-corrected chi connectivity index (χ1v) is 4.21. The molecule has 58 valence electrons. The maximum atomic E-state index is 9.63. The molecule has 0 aromatic rings. The van der Waals surface area contributed by atoms with Gasteiger partial charge in [-0.3, -0.25) is 4.90 Å². The van der Waals surface area contributed by atoms with E-state index in [-0.39, 0.29) is 6.10 Å². The summed E-state index contributed by atoms with van der Waals surface area (Å²) >= 11 is 0. The fourth-order valence-electron chi connectivity index (χ4n) is 2.28. The van der Waals surface area contributed by atoms with E-state index < -0.39 is 0 Å². The minimum Gasteiger partial charge on any atom is -0.391 e. The van der Waals surface area contributed by atoms with Gasteiger partial charge in [0.2, 0.25) is 0 Å². The van der Waals surface area contributed by atoms with Crippen LogP contribution in [0.3, 0.4) is 0 Å². The second kappa shape index (κ2) is 2.21. The van der Waals surface area contributed by atoms with E-state index in [9.17, 15) is 5.11 Å². The van der Waals surface area contributed by atoms with Crippen LogP contribution in [0.1, 0.15) is 19.8 Å². The minimum atomic E-state index is -0.0394. The molecule has 3 fully saturated rings. The van der Waals surface area contributed by atoms with Gasteiger partial charge in [0.05, 0.1) is 6.10 Å². The van der Waals surface area contributed by atoms with Gasteiger partial charge < -0.3 is 5.11 Å². The van der Waals surface area contributed by atoms with Crippen LogP contribution in [0.2, 0.25) is 0 Å². The zero-order valence-corrected chi connectivity index (χ0v) is 6.45. The van der Waals surface area contributed by atoms with Crippen LogP contribution in [0.15, 0.2) is 0 Å². The minimum absolute atomic E-state index is 0.0394. The summed E-state index contributed by atoms with van der Waals surface area (Å²) in [7, 11) is 0. The van der Waals surface area contributed by atoms with E-state index in [1.165, 1.54) is 25.9 Å². The fraction of sp³-hybridized carbons (Fsp3) is 1.00. The monoisotopic (exact) mass is 141 g/mol. The van der Waals surface area contributed by atoms with Crippen LogP contribution in [0.25, 0.3) is 0 Å². The highest BCUT2D eigenvalue weighted by Gasteiger charge is 2.38. The predicted molar refractivity (Wildman–Crippen MR) is 39.8 cm³/mol. The largest absolute Gasteiger partial charge is 0.391 e. The molecule has 0 spiro atoms. The van der Waals surface area contributed by atoms with Gasteiger partial charge in [0, 0.05) is 6.04 Å². The van der Waals surface area contributed by atoms with E-state index in [4.69, 9.17) is 0 Å². The number of hydrogen-bond acceptors (Lipinski definition) is 2. The van der Waals surface area contributed by atoms with Crippen LogP contribution in [-0.2, 0) is 0 Å². The Morgan fingerprint density at radius 1 is 1.30 bits per heavy atom. The van der Waals surface area contributed by atoms with Crippen LogP contribution in [0.5, 0.6) is 0 Å². The van der Waals surface area contributed by atoms with Crippen LogP contribution in [-0.4, -0.2) is 35.2 Å². The molecule has 1 N–H and O–H groups in total. The Balaban J connectivity index is 2.13. The summed E-state index contributed by atoms with van der Waals surface area (Å²) in [5.74, 6) is 0.611. The Morgan fingerprint density at radius 2 is 1.90 bits per heavy atom. The van der Waals surface area contributed by atoms with Crippen molar-refractivity contribution in [1.82, 2.24) is 4.90 Å². The Bertz CT molecular complexity index is 109. The third-order valence-electron chi connectivity index (χ3n) is 3.13. The van der Waals surface area contributed by atoms with Gasteiger partial charge in [-0.05, 0) is 38.8 Å². The van der Waals surface area contributed by atoms with Gasteiger partial charge in [-0.15, -0.1) is 0 Å². The fourth-order valence-corrected chi connectivity index (χ4v) is 2.28. The Morgan fingerprint density at radius 3 is 2.20 bits per heavy atom. The highest BCUT2D eigenvalue weighted by atomic mass is 16.3. The standard InChI is InChI=1S/C8H15NO/c1-6-8(10)7-2-4-9(6)5-3-7/h6-8,10H,2-5H2,1H3/t6-,8+/m0/s1. The third kappa shape index (κ3) is 0.789. The van der Waals surface area contributed by atoms with Gasteiger partial charge in [-0.1, -0.05) is 0 Å². The lowest BCUT2D eigenvalue weighted by Crippen LogP contribution is -2.56. The van der Waals surface area contributed by atoms with E-state index in [1.54, 1.807) is 0 Å². The highest BCUT2D eigenvalue weighted by molar-refractivity contribution is 4.91. The summed E-state index contributed by atoms with van der Waals surface area (Å²) in [5, 5.41) is 9.63. The third-order valence-corrected chi connectivity index (χ3v) is 3.13. The smallest absolute Gasteiger partial charge is 0.0721 e. The van der Waals surface area contributed by atoms with Crippen molar-refractivity contribution in [3.63, 3.8) is 0 Å². The molecule has 3 aliphatic rings. The number of rotatable bonds is 0. The van der Waals surface area contributed by atoms with Crippen LogP contribution in [0, 0.1) is 5.92 Å². The number of aliphatic hydroxyl groups excluding tert-OH is 1. The Kier molecular flexibility index (Phi) is 1.46. The molecule has 2 nitrogen and oxygen atoms in total. The summed E-state index contributed by atoms with van der Waals surface area (Å²) in [6, 6.07) is 0.424. The molecule has 0 aromatic carbocycles. The van der Waals surface area contributed by atoms with E-state index in [2.05, 4.69) is 11.8 Å². The average molecular weight is 141 g/mol. The molecule has 0 aromatic heterocycles. The molecule has 2 heteroatoms. The summed E-state index contributed by atoms with van der Waals surface area (Å²) in [4.78, 5) is 2.39. The lowest BCUT2D eigenvalue weighted by atomic mass is 9.81. The zero-order valence-electron chi connectivity index (χ0n) is 6.45. The number of nitrogens with zero attached hydrogens (tertiary/aromatic N) is 1. The van der Waals surface area contributed by atoms with Gasteiger partial charge in [0.15, 0.2) is 0 Å².